The zero-order chi connectivity index (χ0) is 28.8. The second-order valence-electron chi connectivity index (χ2n) is 9.59. The van der Waals surface area contributed by atoms with Gasteiger partial charge in [0, 0.05) is 6.92 Å². The van der Waals surface area contributed by atoms with Crippen molar-refractivity contribution in [1.29, 1.82) is 0 Å². The van der Waals surface area contributed by atoms with Crippen molar-refractivity contribution in [3.8, 4) is 0 Å². The molecule has 9 heteroatoms. The van der Waals surface area contributed by atoms with Crippen molar-refractivity contribution >= 4 is 35.6 Å². The Morgan fingerprint density at radius 3 is 1.43 bits per heavy atom. The molecule has 4 atom stereocenters. The maximum atomic E-state index is 13.1. The van der Waals surface area contributed by atoms with Crippen molar-refractivity contribution in [2.75, 3.05) is 6.61 Å². The summed E-state index contributed by atoms with van der Waals surface area (Å²) in [6.45, 7) is 6.75. The topological polar surface area (TPSA) is 105 Å². The average Bonchev–Trinajstić information content (AvgIpc) is 3.22. The van der Waals surface area contributed by atoms with E-state index in [1.807, 2.05) is 20.8 Å². The number of esters is 4. The summed E-state index contributed by atoms with van der Waals surface area (Å²) in [7, 11) is 0. The number of hydrogen-bond donors (Lipinski definition) is 0. The molecule has 4 rings (SSSR count). The Balaban J connectivity index is 1.59. The first-order chi connectivity index (χ1) is 19.1. The first-order valence-corrected chi connectivity index (χ1v) is 13.7. The molecular formula is C31H30O8S. The molecule has 0 aromatic heterocycles. The second kappa shape index (κ2) is 12.8. The maximum absolute atomic E-state index is 13.1. The van der Waals surface area contributed by atoms with Crippen molar-refractivity contribution in [2.45, 2.75) is 50.6 Å². The molecule has 1 fully saturated rings. The number of thioether (sulfide) groups is 1. The minimum Gasteiger partial charge on any atom is -0.461 e. The van der Waals surface area contributed by atoms with Crippen LogP contribution in [0.2, 0.25) is 0 Å². The monoisotopic (exact) mass is 562 g/mol. The van der Waals surface area contributed by atoms with Gasteiger partial charge in [-0.05, 0) is 57.2 Å². The minimum atomic E-state index is -1.15. The molecule has 3 aromatic carbocycles. The van der Waals surface area contributed by atoms with Gasteiger partial charge in [0.05, 0.1) is 21.9 Å². The lowest BCUT2D eigenvalue weighted by Crippen LogP contribution is -2.42. The Morgan fingerprint density at radius 1 is 0.600 bits per heavy atom. The largest absolute Gasteiger partial charge is 0.461 e. The molecule has 40 heavy (non-hydrogen) atoms. The quantitative estimate of drug-likeness (QED) is 0.270. The van der Waals surface area contributed by atoms with Crippen LogP contribution in [0.3, 0.4) is 0 Å². The van der Waals surface area contributed by atoms with Crippen LogP contribution >= 0.6 is 11.8 Å². The first kappa shape index (κ1) is 28.9. The van der Waals surface area contributed by atoms with E-state index >= 15 is 0 Å². The fraction of sp³-hybridized carbons (Fsp3) is 0.290. The highest BCUT2D eigenvalue weighted by Crippen LogP contribution is 2.40. The zero-order valence-electron chi connectivity index (χ0n) is 22.6. The fourth-order valence-electron chi connectivity index (χ4n) is 4.05. The van der Waals surface area contributed by atoms with Crippen molar-refractivity contribution in [3.05, 3.63) is 106 Å². The van der Waals surface area contributed by atoms with Gasteiger partial charge in [-0.25, -0.2) is 14.4 Å². The van der Waals surface area contributed by atoms with Crippen LogP contribution in [0.5, 0.6) is 0 Å². The molecule has 0 spiro atoms. The molecule has 0 saturated carbocycles. The van der Waals surface area contributed by atoms with Crippen LogP contribution in [0.15, 0.2) is 72.8 Å². The predicted molar refractivity (Wildman–Crippen MR) is 149 cm³/mol. The number of ether oxygens (including phenoxy) is 4. The molecule has 0 aliphatic carbocycles. The first-order valence-electron chi connectivity index (χ1n) is 12.7. The summed E-state index contributed by atoms with van der Waals surface area (Å²) in [5, 5.41) is -0.691. The molecule has 208 valence electrons. The molecule has 0 amide bonds. The lowest BCUT2D eigenvalue weighted by atomic mass is 10.1. The summed E-state index contributed by atoms with van der Waals surface area (Å²) in [6.07, 6.45) is -2.23. The number of rotatable bonds is 8. The highest BCUT2D eigenvalue weighted by Gasteiger charge is 2.51. The Bertz CT molecular complexity index is 1370. The van der Waals surface area contributed by atoms with Crippen molar-refractivity contribution in [2.24, 2.45) is 0 Å². The predicted octanol–water partition coefficient (Wildman–Crippen LogP) is 5.22. The van der Waals surface area contributed by atoms with Gasteiger partial charge in [0.15, 0.2) is 17.6 Å². The number of hydrogen-bond acceptors (Lipinski definition) is 9. The minimum absolute atomic E-state index is 0.181. The maximum Gasteiger partial charge on any atom is 0.338 e. The molecule has 1 aliphatic heterocycles. The molecule has 3 aromatic rings. The second-order valence-corrected chi connectivity index (χ2v) is 10.9. The molecule has 1 aliphatic rings. The van der Waals surface area contributed by atoms with E-state index in [4.69, 9.17) is 18.9 Å². The molecule has 0 N–H and O–H groups in total. The van der Waals surface area contributed by atoms with Crippen LogP contribution in [-0.2, 0) is 23.7 Å². The highest BCUT2D eigenvalue weighted by molar-refractivity contribution is 8.00. The van der Waals surface area contributed by atoms with Gasteiger partial charge in [0.2, 0.25) is 0 Å². The smallest absolute Gasteiger partial charge is 0.338 e. The number of carbonyl (C=O) groups is 4. The van der Waals surface area contributed by atoms with E-state index in [1.54, 1.807) is 72.8 Å². The molecule has 0 bridgehead atoms. The summed E-state index contributed by atoms with van der Waals surface area (Å²) in [4.78, 5) is 50.9. The SMILES string of the molecule is CC(=O)OC1S[C@@H](COC(=O)c2ccc(C)cc2)[C@H](OC(=O)c2ccc(C)cc2)[C@H]1OC(=O)c1ccc(C)cc1. The van der Waals surface area contributed by atoms with E-state index in [-0.39, 0.29) is 12.2 Å². The summed E-state index contributed by atoms with van der Waals surface area (Å²) in [5.74, 6) is -2.49. The van der Waals surface area contributed by atoms with Gasteiger partial charge in [0.25, 0.3) is 0 Å². The number of benzene rings is 3. The van der Waals surface area contributed by atoms with Gasteiger partial charge in [-0.1, -0.05) is 53.1 Å². The van der Waals surface area contributed by atoms with Crippen LogP contribution in [-0.4, -0.2) is 53.4 Å². The van der Waals surface area contributed by atoms with Gasteiger partial charge < -0.3 is 18.9 Å². The zero-order valence-corrected chi connectivity index (χ0v) is 23.4. The molecule has 0 radical (unpaired) electrons. The third-order valence-corrected chi connectivity index (χ3v) is 7.66. The highest BCUT2D eigenvalue weighted by atomic mass is 32.2. The summed E-state index contributed by atoms with van der Waals surface area (Å²) in [5.41, 5.74) is 2.88. The lowest BCUT2D eigenvalue weighted by molar-refractivity contribution is -0.148. The summed E-state index contributed by atoms with van der Waals surface area (Å²) < 4.78 is 22.7. The fourth-order valence-corrected chi connectivity index (χ4v) is 5.46. The third-order valence-electron chi connectivity index (χ3n) is 6.28. The van der Waals surface area contributed by atoms with Crippen LogP contribution in [0.4, 0.5) is 0 Å². The molecular weight excluding hydrogens is 532 g/mol. The third kappa shape index (κ3) is 7.30. The Hall–Kier alpha value is -4.11. The Morgan fingerprint density at radius 2 is 1.00 bits per heavy atom. The van der Waals surface area contributed by atoms with Gasteiger partial charge >= 0.3 is 23.9 Å². The van der Waals surface area contributed by atoms with Crippen LogP contribution in [0.1, 0.15) is 54.7 Å². The van der Waals surface area contributed by atoms with Gasteiger partial charge in [-0.2, -0.15) is 0 Å². The molecule has 1 saturated heterocycles. The van der Waals surface area contributed by atoms with Crippen molar-refractivity contribution in [1.82, 2.24) is 0 Å². The van der Waals surface area contributed by atoms with E-state index in [1.165, 1.54) is 6.92 Å². The lowest BCUT2D eigenvalue weighted by Gasteiger charge is -2.25. The van der Waals surface area contributed by atoms with Crippen molar-refractivity contribution in [3.63, 3.8) is 0 Å². The normalized spacial score (nSPS) is 19.9. The van der Waals surface area contributed by atoms with E-state index in [9.17, 15) is 19.2 Å². The molecule has 1 heterocycles. The number of aryl methyl sites for hydroxylation is 3. The van der Waals surface area contributed by atoms with Crippen LogP contribution < -0.4 is 0 Å². The summed E-state index contributed by atoms with van der Waals surface area (Å²) >= 11 is 1.10. The van der Waals surface area contributed by atoms with E-state index in [0.717, 1.165) is 28.5 Å². The Kier molecular flexibility index (Phi) is 9.26. The van der Waals surface area contributed by atoms with E-state index in [0.29, 0.717) is 11.1 Å². The molecule has 8 nitrogen and oxygen atoms in total. The van der Waals surface area contributed by atoms with Gasteiger partial charge in [-0.15, -0.1) is 11.8 Å². The Labute approximate surface area is 237 Å². The van der Waals surface area contributed by atoms with Crippen LogP contribution in [0.25, 0.3) is 0 Å². The van der Waals surface area contributed by atoms with Gasteiger partial charge in [0.1, 0.15) is 6.61 Å². The molecule has 1 unspecified atom stereocenters. The van der Waals surface area contributed by atoms with Crippen LogP contribution in [0, 0.1) is 20.8 Å². The van der Waals surface area contributed by atoms with Gasteiger partial charge in [-0.3, -0.25) is 4.79 Å². The summed E-state index contributed by atoms with van der Waals surface area (Å²) in [6, 6.07) is 20.5. The van der Waals surface area contributed by atoms with E-state index in [2.05, 4.69) is 0 Å². The number of carbonyl (C=O) groups excluding carboxylic acids is 4. The average molecular weight is 563 g/mol. The standard InChI is InChI=1S/C31H30O8S/c1-18-5-11-22(12-6-18)28(33)36-17-25-26(38-29(34)23-13-7-19(2)8-14-23)27(31(40-25)37-21(4)32)39-30(35)24-15-9-20(3)10-16-24/h5-16,25-27,31H,17H2,1-4H3/t25-,26-,27+,31?/m0/s1. The van der Waals surface area contributed by atoms with E-state index < -0.39 is 46.8 Å². The van der Waals surface area contributed by atoms with Crippen molar-refractivity contribution < 1.29 is 38.1 Å².